The number of halogens is 1. The van der Waals surface area contributed by atoms with E-state index < -0.39 is 5.24 Å². The predicted octanol–water partition coefficient (Wildman–Crippen LogP) is 6.85. The number of rotatable bonds is 14. The summed E-state index contributed by atoms with van der Waals surface area (Å²) in [5.74, 6) is 0.874. The number of unbranched alkanes of at least 4 members (excludes halogenated alkanes) is 7. The number of anilines is 1. The SMILES string of the molecule is CCCCCCCCCCOc1ccc(C(=O)Nc2cc(C(=O)Cl)ccc2OC)cc1. The van der Waals surface area contributed by atoms with Gasteiger partial charge in [-0.25, -0.2) is 0 Å². The molecule has 31 heavy (non-hydrogen) atoms. The molecule has 0 bridgehead atoms. The maximum Gasteiger partial charge on any atom is 0.255 e. The van der Waals surface area contributed by atoms with Crippen LogP contribution in [0.2, 0.25) is 0 Å². The highest BCUT2D eigenvalue weighted by atomic mass is 35.5. The number of benzene rings is 2. The maximum absolute atomic E-state index is 12.6. The highest BCUT2D eigenvalue weighted by molar-refractivity contribution is 6.67. The quantitative estimate of drug-likeness (QED) is 0.255. The van der Waals surface area contributed by atoms with E-state index in [2.05, 4.69) is 12.2 Å². The summed E-state index contributed by atoms with van der Waals surface area (Å²) < 4.78 is 11.0. The molecule has 2 aromatic rings. The van der Waals surface area contributed by atoms with Crippen molar-refractivity contribution >= 4 is 28.4 Å². The number of amides is 1. The first kappa shape index (κ1) is 24.7. The molecular formula is C25H32ClNO4. The van der Waals surface area contributed by atoms with Crippen molar-refractivity contribution in [1.29, 1.82) is 0 Å². The third-order valence-electron chi connectivity index (χ3n) is 5.06. The van der Waals surface area contributed by atoms with Gasteiger partial charge in [-0.1, -0.05) is 51.9 Å². The van der Waals surface area contributed by atoms with E-state index in [4.69, 9.17) is 21.1 Å². The number of carbonyl (C=O) groups is 2. The Hall–Kier alpha value is -2.53. The van der Waals surface area contributed by atoms with Gasteiger partial charge < -0.3 is 14.8 Å². The largest absolute Gasteiger partial charge is 0.495 e. The second-order valence-corrected chi connectivity index (χ2v) is 7.83. The van der Waals surface area contributed by atoms with Gasteiger partial charge in [-0.05, 0) is 60.5 Å². The van der Waals surface area contributed by atoms with Crippen LogP contribution in [-0.4, -0.2) is 24.9 Å². The monoisotopic (exact) mass is 445 g/mol. The van der Waals surface area contributed by atoms with Gasteiger partial charge in [0, 0.05) is 11.1 Å². The van der Waals surface area contributed by atoms with Gasteiger partial charge in [0.05, 0.1) is 19.4 Å². The lowest BCUT2D eigenvalue weighted by atomic mass is 10.1. The van der Waals surface area contributed by atoms with Crippen LogP contribution in [0, 0.1) is 0 Å². The van der Waals surface area contributed by atoms with Crippen molar-refractivity contribution in [1.82, 2.24) is 0 Å². The van der Waals surface area contributed by atoms with Crippen molar-refractivity contribution in [2.24, 2.45) is 0 Å². The minimum atomic E-state index is -0.601. The molecule has 0 aliphatic heterocycles. The van der Waals surface area contributed by atoms with Crippen LogP contribution < -0.4 is 14.8 Å². The van der Waals surface area contributed by atoms with E-state index in [-0.39, 0.29) is 11.5 Å². The predicted molar refractivity (Wildman–Crippen MR) is 126 cm³/mol. The van der Waals surface area contributed by atoms with Gasteiger partial charge in [-0.3, -0.25) is 9.59 Å². The first-order chi connectivity index (χ1) is 15.0. The van der Waals surface area contributed by atoms with Crippen LogP contribution >= 0.6 is 11.6 Å². The lowest BCUT2D eigenvalue weighted by Crippen LogP contribution is -2.13. The van der Waals surface area contributed by atoms with Gasteiger partial charge in [-0.2, -0.15) is 0 Å². The fourth-order valence-electron chi connectivity index (χ4n) is 3.25. The summed E-state index contributed by atoms with van der Waals surface area (Å²) in [6, 6.07) is 11.6. The molecule has 0 aliphatic carbocycles. The average Bonchev–Trinajstić information content (AvgIpc) is 2.78. The third kappa shape index (κ3) is 8.62. The zero-order valence-corrected chi connectivity index (χ0v) is 19.2. The summed E-state index contributed by atoms with van der Waals surface area (Å²) in [5.41, 5.74) is 1.14. The molecule has 0 aromatic heterocycles. The molecule has 0 unspecified atom stereocenters. The van der Waals surface area contributed by atoms with Crippen LogP contribution in [0.1, 0.15) is 79.0 Å². The summed E-state index contributed by atoms with van der Waals surface area (Å²) >= 11 is 5.53. The summed E-state index contributed by atoms with van der Waals surface area (Å²) in [5, 5.41) is 2.16. The Morgan fingerprint density at radius 1 is 0.871 bits per heavy atom. The molecule has 0 fully saturated rings. The Bertz CT molecular complexity index is 836. The molecule has 0 radical (unpaired) electrons. The van der Waals surface area contributed by atoms with Gasteiger partial charge in [0.1, 0.15) is 11.5 Å². The highest BCUT2D eigenvalue weighted by Gasteiger charge is 2.13. The number of nitrogens with one attached hydrogen (secondary N) is 1. The molecule has 0 heterocycles. The standard InChI is InChI=1S/C25H32ClNO4/c1-3-4-5-6-7-8-9-10-17-31-21-14-11-19(12-15-21)25(29)27-22-18-20(24(26)28)13-16-23(22)30-2/h11-16,18H,3-10,17H2,1-2H3,(H,27,29). The third-order valence-corrected chi connectivity index (χ3v) is 5.28. The molecule has 6 heteroatoms. The molecule has 0 aliphatic rings. The smallest absolute Gasteiger partial charge is 0.255 e. The van der Waals surface area contributed by atoms with Crippen molar-refractivity contribution < 1.29 is 19.1 Å². The van der Waals surface area contributed by atoms with Crippen molar-refractivity contribution in [2.75, 3.05) is 19.0 Å². The molecule has 2 rings (SSSR count). The minimum absolute atomic E-state index is 0.280. The summed E-state index contributed by atoms with van der Waals surface area (Å²) in [4.78, 5) is 24.0. The van der Waals surface area contributed by atoms with Crippen molar-refractivity contribution in [2.45, 2.75) is 58.3 Å². The van der Waals surface area contributed by atoms with Crippen LogP contribution in [0.25, 0.3) is 0 Å². The van der Waals surface area contributed by atoms with Crippen LogP contribution in [-0.2, 0) is 0 Å². The fraction of sp³-hybridized carbons (Fsp3) is 0.440. The Kier molecular flexibility index (Phi) is 10.9. The zero-order chi connectivity index (χ0) is 22.5. The molecule has 1 N–H and O–H groups in total. The van der Waals surface area contributed by atoms with Crippen LogP contribution in [0.4, 0.5) is 5.69 Å². The van der Waals surface area contributed by atoms with Gasteiger partial charge >= 0.3 is 0 Å². The van der Waals surface area contributed by atoms with E-state index in [0.717, 1.165) is 12.2 Å². The normalized spacial score (nSPS) is 10.5. The van der Waals surface area contributed by atoms with E-state index in [1.165, 1.54) is 58.1 Å². The number of ether oxygens (including phenoxy) is 2. The van der Waals surface area contributed by atoms with E-state index in [0.29, 0.717) is 23.6 Å². The lowest BCUT2D eigenvalue weighted by Gasteiger charge is -2.12. The van der Waals surface area contributed by atoms with Crippen molar-refractivity contribution in [3.8, 4) is 11.5 Å². The number of methoxy groups -OCH3 is 1. The Morgan fingerprint density at radius 2 is 1.48 bits per heavy atom. The molecule has 0 saturated heterocycles. The van der Waals surface area contributed by atoms with Gasteiger partial charge in [0.15, 0.2) is 0 Å². The molecule has 1 amide bonds. The molecular weight excluding hydrogens is 414 g/mol. The highest BCUT2D eigenvalue weighted by Crippen LogP contribution is 2.27. The second kappa shape index (κ2) is 13.7. The number of hydrogen-bond donors (Lipinski definition) is 1. The van der Waals surface area contributed by atoms with Gasteiger partial charge in [0.25, 0.3) is 11.1 Å². The summed E-state index contributed by atoms with van der Waals surface area (Å²) in [6.45, 7) is 2.91. The molecule has 0 spiro atoms. The Balaban J connectivity index is 1.79. The number of hydrogen-bond acceptors (Lipinski definition) is 4. The molecule has 168 valence electrons. The fourth-order valence-corrected chi connectivity index (χ4v) is 3.37. The first-order valence-electron chi connectivity index (χ1n) is 11.0. The maximum atomic E-state index is 12.6. The van der Waals surface area contributed by atoms with Crippen molar-refractivity contribution in [3.05, 3.63) is 53.6 Å². The van der Waals surface area contributed by atoms with Gasteiger partial charge in [-0.15, -0.1) is 0 Å². The van der Waals surface area contributed by atoms with Crippen LogP contribution in [0.5, 0.6) is 11.5 Å². The van der Waals surface area contributed by atoms with E-state index >= 15 is 0 Å². The lowest BCUT2D eigenvalue weighted by molar-refractivity contribution is 0.102. The van der Waals surface area contributed by atoms with E-state index in [9.17, 15) is 9.59 Å². The summed E-state index contributed by atoms with van der Waals surface area (Å²) in [6.07, 6.45) is 10.1. The second-order valence-electron chi connectivity index (χ2n) is 7.49. The topological polar surface area (TPSA) is 64.6 Å². The molecule has 0 saturated carbocycles. The summed E-state index contributed by atoms with van der Waals surface area (Å²) in [7, 11) is 1.49. The number of carbonyl (C=O) groups excluding carboxylic acids is 2. The van der Waals surface area contributed by atoms with Crippen LogP contribution in [0.15, 0.2) is 42.5 Å². The average molecular weight is 446 g/mol. The molecule has 5 nitrogen and oxygen atoms in total. The Morgan fingerprint density at radius 3 is 2.10 bits per heavy atom. The Labute approximate surface area is 190 Å². The zero-order valence-electron chi connectivity index (χ0n) is 18.4. The molecule has 0 atom stereocenters. The van der Waals surface area contributed by atoms with Crippen molar-refractivity contribution in [3.63, 3.8) is 0 Å². The van der Waals surface area contributed by atoms with E-state index in [1.807, 2.05) is 0 Å². The minimum Gasteiger partial charge on any atom is -0.495 e. The van der Waals surface area contributed by atoms with Crippen LogP contribution in [0.3, 0.4) is 0 Å². The van der Waals surface area contributed by atoms with E-state index in [1.54, 1.807) is 36.4 Å². The first-order valence-corrected chi connectivity index (χ1v) is 11.3. The van der Waals surface area contributed by atoms with Gasteiger partial charge in [0.2, 0.25) is 0 Å². The molecule has 2 aromatic carbocycles.